The minimum Gasteiger partial charge on any atom is -0.379 e. The third-order valence-corrected chi connectivity index (χ3v) is 4.51. The van der Waals surface area contributed by atoms with Crippen molar-refractivity contribution < 1.29 is 9.13 Å². The molecule has 4 heterocycles. The predicted molar refractivity (Wildman–Crippen MR) is 110 cm³/mol. The van der Waals surface area contributed by atoms with E-state index in [1.807, 2.05) is 34.6 Å². The Bertz CT molecular complexity index is 835. The van der Waals surface area contributed by atoms with Gasteiger partial charge < -0.3 is 9.64 Å². The minimum atomic E-state index is -0.354. The lowest BCUT2D eigenvalue weighted by Gasteiger charge is -2.28. The molecule has 0 aromatic carbocycles. The fourth-order valence-electron chi connectivity index (χ4n) is 3.44. The molecule has 0 aliphatic carbocycles. The van der Waals surface area contributed by atoms with E-state index in [1.54, 1.807) is 13.8 Å². The zero-order valence-electron chi connectivity index (χ0n) is 17.6. The molecular weight excluding hydrogens is 343 g/mol. The van der Waals surface area contributed by atoms with Crippen molar-refractivity contribution in [3.63, 3.8) is 0 Å². The number of ether oxygens (including phenoxy) is 1. The number of fused-ring (bicyclic) bond motifs is 2. The number of hydrogen-bond donors (Lipinski definition) is 0. The molecule has 0 saturated carbocycles. The van der Waals surface area contributed by atoms with Crippen LogP contribution < -0.4 is 4.90 Å². The molecule has 1 fully saturated rings. The summed E-state index contributed by atoms with van der Waals surface area (Å²) in [6.07, 6.45) is 3.08. The van der Waals surface area contributed by atoms with Crippen LogP contribution in [0.2, 0.25) is 0 Å². The van der Waals surface area contributed by atoms with Gasteiger partial charge in [0.15, 0.2) is 5.82 Å². The maximum absolute atomic E-state index is 14.6. The molecule has 2 aliphatic rings. The van der Waals surface area contributed by atoms with Crippen LogP contribution in [-0.2, 0) is 4.74 Å². The van der Waals surface area contributed by atoms with Gasteiger partial charge in [0.2, 0.25) is 0 Å². The van der Waals surface area contributed by atoms with Crippen LogP contribution in [0.15, 0.2) is 6.08 Å². The summed E-state index contributed by atoms with van der Waals surface area (Å²) >= 11 is 0. The maximum atomic E-state index is 14.6. The Morgan fingerprint density at radius 1 is 1.07 bits per heavy atom. The zero-order valence-corrected chi connectivity index (χ0v) is 17.6. The number of rotatable bonds is 0. The molecule has 2 aliphatic heterocycles. The number of hydrogen-bond acceptors (Lipinski definition) is 5. The summed E-state index contributed by atoms with van der Waals surface area (Å²) in [5.74, 6) is 0.997. The monoisotopic (exact) mass is 374 g/mol. The van der Waals surface area contributed by atoms with Gasteiger partial charge in [-0.2, -0.15) is 0 Å². The van der Waals surface area contributed by atoms with Crippen LogP contribution in [-0.4, -0.2) is 40.8 Å². The van der Waals surface area contributed by atoms with E-state index in [1.165, 1.54) is 0 Å². The highest BCUT2D eigenvalue weighted by atomic mass is 19.1. The fraction of sp³-hybridized carbons (Fsp3) is 0.571. The third kappa shape index (κ3) is 3.95. The Balaban J connectivity index is 0.000000614. The molecule has 0 N–H and O–H groups in total. The second-order valence-corrected chi connectivity index (χ2v) is 6.22. The summed E-state index contributed by atoms with van der Waals surface area (Å²) in [5.41, 5.74) is 2.54. The largest absolute Gasteiger partial charge is 0.379 e. The molecular formula is C21H31FN4O. The van der Waals surface area contributed by atoms with Gasteiger partial charge in [0.05, 0.1) is 29.4 Å². The smallest absolute Gasteiger partial charge is 0.170 e. The van der Waals surface area contributed by atoms with Crippen molar-refractivity contribution in [3.05, 3.63) is 29.1 Å². The molecule has 5 nitrogen and oxygen atoms in total. The summed E-state index contributed by atoms with van der Waals surface area (Å²) in [6, 6.07) is 0.0903. The lowest BCUT2D eigenvalue weighted by atomic mass is 10.1. The van der Waals surface area contributed by atoms with Crippen LogP contribution in [0.3, 0.4) is 0 Å². The Morgan fingerprint density at radius 3 is 2.48 bits per heavy atom. The van der Waals surface area contributed by atoms with Crippen molar-refractivity contribution in [2.24, 2.45) is 0 Å². The maximum Gasteiger partial charge on any atom is 0.170 e. The number of aryl methyl sites for hydroxylation is 2. The van der Waals surface area contributed by atoms with E-state index < -0.39 is 0 Å². The number of pyridine rings is 1. The lowest BCUT2D eigenvalue weighted by molar-refractivity contribution is 0.142. The zero-order chi connectivity index (χ0) is 20.1. The first-order valence-corrected chi connectivity index (χ1v) is 9.94. The van der Waals surface area contributed by atoms with Gasteiger partial charge in [0.25, 0.3) is 0 Å². The highest BCUT2D eigenvalue weighted by Gasteiger charge is 2.30. The van der Waals surface area contributed by atoms with Gasteiger partial charge in [-0.3, -0.25) is 0 Å². The van der Waals surface area contributed by atoms with Gasteiger partial charge in [0, 0.05) is 13.2 Å². The lowest BCUT2D eigenvalue weighted by Crippen LogP contribution is -2.36. The SMILES string of the molecule is CC.CC.CC1=C[C@H]2COCCCN2c2nc(C)nc3c(F)c(C)nc1c23. The molecule has 148 valence electrons. The van der Waals surface area contributed by atoms with Crippen molar-refractivity contribution in [2.45, 2.75) is 60.9 Å². The predicted octanol–water partition coefficient (Wildman–Crippen LogP) is 4.85. The molecule has 27 heavy (non-hydrogen) atoms. The minimum absolute atomic E-state index is 0.0903. The molecule has 0 radical (unpaired) electrons. The highest BCUT2D eigenvalue weighted by molar-refractivity contribution is 5.99. The van der Waals surface area contributed by atoms with Crippen LogP contribution in [0.25, 0.3) is 16.5 Å². The Hall–Kier alpha value is -2.08. The molecule has 6 heteroatoms. The fourth-order valence-corrected chi connectivity index (χ4v) is 3.44. The number of halogens is 1. The molecule has 1 atom stereocenters. The molecule has 0 bridgehead atoms. The second kappa shape index (κ2) is 9.22. The molecule has 0 spiro atoms. The number of anilines is 1. The van der Waals surface area contributed by atoms with E-state index >= 15 is 0 Å². The first-order valence-electron chi connectivity index (χ1n) is 9.94. The molecule has 0 unspecified atom stereocenters. The molecule has 2 aromatic heterocycles. The average Bonchev–Trinajstić information content (AvgIpc) is 2.97. The molecule has 1 saturated heterocycles. The summed E-state index contributed by atoms with van der Waals surface area (Å²) in [7, 11) is 0. The normalized spacial score (nSPS) is 18.1. The summed E-state index contributed by atoms with van der Waals surface area (Å²) in [6.45, 7) is 15.7. The van der Waals surface area contributed by atoms with Crippen molar-refractivity contribution in [3.8, 4) is 0 Å². The molecule has 4 rings (SSSR count). The Labute approximate surface area is 161 Å². The van der Waals surface area contributed by atoms with E-state index in [9.17, 15) is 4.39 Å². The Morgan fingerprint density at radius 2 is 1.78 bits per heavy atom. The average molecular weight is 375 g/mol. The van der Waals surface area contributed by atoms with E-state index in [-0.39, 0.29) is 11.9 Å². The summed E-state index contributed by atoms with van der Waals surface area (Å²) in [4.78, 5) is 15.7. The van der Waals surface area contributed by atoms with E-state index in [4.69, 9.17) is 4.74 Å². The topological polar surface area (TPSA) is 51.1 Å². The van der Waals surface area contributed by atoms with Gasteiger partial charge in [-0.05, 0) is 32.8 Å². The second-order valence-electron chi connectivity index (χ2n) is 6.22. The summed E-state index contributed by atoms with van der Waals surface area (Å²) < 4.78 is 20.4. The molecule has 0 amide bonds. The third-order valence-electron chi connectivity index (χ3n) is 4.51. The standard InChI is InChI=1S/C17H19FN4O.2C2H6/c1-9-7-12-8-23-6-4-5-22(12)17-13-15(9)19-10(2)14(18)16(13)20-11(3)21-17;2*1-2/h7,12H,4-6,8H2,1-3H3;2*1-2H3/t12-;;/m0../s1. The first kappa shape index (κ1) is 21.2. The van der Waals surface area contributed by atoms with Gasteiger partial charge in [-0.25, -0.2) is 19.3 Å². The van der Waals surface area contributed by atoms with E-state index in [0.29, 0.717) is 23.6 Å². The van der Waals surface area contributed by atoms with Gasteiger partial charge in [-0.15, -0.1) is 0 Å². The van der Waals surface area contributed by atoms with Crippen LogP contribution >= 0.6 is 0 Å². The van der Waals surface area contributed by atoms with Crippen molar-refractivity contribution in [1.82, 2.24) is 15.0 Å². The first-order chi connectivity index (χ1) is 13.1. The number of allylic oxidation sites excluding steroid dienone is 1. The summed E-state index contributed by atoms with van der Waals surface area (Å²) in [5, 5.41) is 0.719. The Kier molecular flexibility index (Phi) is 7.25. The van der Waals surface area contributed by atoms with Crippen molar-refractivity contribution in [1.29, 1.82) is 0 Å². The van der Waals surface area contributed by atoms with E-state index in [2.05, 4.69) is 25.9 Å². The van der Waals surface area contributed by atoms with Gasteiger partial charge in [0.1, 0.15) is 17.2 Å². The van der Waals surface area contributed by atoms with Gasteiger partial charge >= 0.3 is 0 Å². The van der Waals surface area contributed by atoms with Crippen LogP contribution in [0.4, 0.5) is 10.2 Å². The van der Waals surface area contributed by atoms with Crippen LogP contribution in [0, 0.1) is 19.7 Å². The quantitative estimate of drug-likeness (QED) is 0.660. The number of aromatic nitrogens is 3. The highest BCUT2D eigenvalue weighted by Crippen LogP contribution is 2.37. The number of nitrogens with zero attached hydrogens (tertiary/aromatic N) is 4. The van der Waals surface area contributed by atoms with Crippen LogP contribution in [0.5, 0.6) is 0 Å². The van der Waals surface area contributed by atoms with E-state index in [0.717, 1.165) is 42.0 Å². The van der Waals surface area contributed by atoms with Crippen LogP contribution in [0.1, 0.15) is 58.3 Å². The van der Waals surface area contributed by atoms with Crippen molar-refractivity contribution in [2.75, 3.05) is 24.7 Å². The van der Waals surface area contributed by atoms with Crippen molar-refractivity contribution >= 4 is 22.3 Å². The molecule has 2 aromatic rings. The van der Waals surface area contributed by atoms with Gasteiger partial charge in [-0.1, -0.05) is 33.8 Å².